The first kappa shape index (κ1) is 11.6. The lowest BCUT2D eigenvalue weighted by molar-refractivity contribution is 0.342. The van der Waals surface area contributed by atoms with Gasteiger partial charge in [0.05, 0.1) is 5.69 Å². The fraction of sp³-hybridized carbons (Fsp3) is 0.750. The zero-order valence-electron chi connectivity index (χ0n) is 10.2. The lowest BCUT2D eigenvalue weighted by atomic mass is 10.1. The van der Waals surface area contributed by atoms with Crippen LogP contribution in [-0.4, -0.2) is 36.2 Å². The van der Waals surface area contributed by atoms with E-state index in [-0.39, 0.29) is 0 Å². The Labute approximate surface area is 97.0 Å². The Morgan fingerprint density at radius 2 is 2.38 bits per heavy atom. The van der Waals surface area contributed by atoms with Gasteiger partial charge in [-0.15, -0.1) is 0 Å². The molecule has 4 heteroatoms. The minimum atomic E-state index is 0.627. The van der Waals surface area contributed by atoms with E-state index < -0.39 is 0 Å². The predicted octanol–water partition coefficient (Wildman–Crippen LogP) is 1.56. The molecular weight excluding hydrogens is 202 g/mol. The van der Waals surface area contributed by atoms with Gasteiger partial charge in [-0.3, -0.25) is 0 Å². The van der Waals surface area contributed by atoms with Gasteiger partial charge in [0.25, 0.3) is 0 Å². The second-order valence-corrected chi connectivity index (χ2v) is 4.74. The Kier molecular flexibility index (Phi) is 3.96. The molecule has 1 aliphatic rings. The molecule has 0 bridgehead atoms. The van der Waals surface area contributed by atoms with Crippen molar-refractivity contribution < 1.29 is 4.52 Å². The lowest BCUT2D eigenvalue weighted by Gasteiger charge is -2.15. The van der Waals surface area contributed by atoms with Gasteiger partial charge in [-0.05, 0) is 46.3 Å². The van der Waals surface area contributed by atoms with E-state index in [0.29, 0.717) is 6.04 Å². The second kappa shape index (κ2) is 5.46. The van der Waals surface area contributed by atoms with Crippen LogP contribution < -0.4 is 5.32 Å². The van der Waals surface area contributed by atoms with Crippen LogP contribution in [0, 0.1) is 6.92 Å². The fourth-order valence-electron chi connectivity index (χ4n) is 2.19. The normalized spacial score (nSPS) is 23.2. The minimum Gasteiger partial charge on any atom is -0.361 e. The van der Waals surface area contributed by atoms with Crippen molar-refractivity contribution in [2.45, 2.75) is 38.8 Å². The molecule has 0 radical (unpaired) electrons. The van der Waals surface area contributed by atoms with Gasteiger partial charge in [0.1, 0.15) is 5.76 Å². The molecule has 4 nitrogen and oxygen atoms in total. The van der Waals surface area contributed by atoms with Crippen molar-refractivity contribution >= 4 is 0 Å². The highest BCUT2D eigenvalue weighted by Gasteiger charge is 2.14. The number of rotatable bonds is 3. The van der Waals surface area contributed by atoms with Crippen LogP contribution in [0.3, 0.4) is 0 Å². The van der Waals surface area contributed by atoms with Gasteiger partial charge >= 0.3 is 0 Å². The van der Waals surface area contributed by atoms with Crippen molar-refractivity contribution in [2.24, 2.45) is 0 Å². The molecule has 90 valence electrons. The molecule has 0 amide bonds. The number of nitrogens with zero attached hydrogens (tertiary/aromatic N) is 2. The Bertz CT molecular complexity index is 324. The van der Waals surface area contributed by atoms with Crippen LogP contribution in [0.5, 0.6) is 0 Å². The molecule has 0 spiro atoms. The zero-order valence-corrected chi connectivity index (χ0v) is 10.2. The monoisotopic (exact) mass is 223 g/mol. The van der Waals surface area contributed by atoms with Crippen molar-refractivity contribution in [2.75, 3.05) is 20.1 Å². The Balaban J connectivity index is 1.77. The Morgan fingerprint density at radius 1 is 1.50 bits per heavy atom. The maximum Gasteiger partial charge on any atom is 0.133 e. The van der Waals surface area contributed by atoms with Crippen LogP contribution in [0.1, 0.15) is 30.7 Å². The number of aromatic nitrogens is 1. The summed E-state index contributed by atoms with van der Waals surface area (Å²) in [5, 5.41) is 7.55. The molecule has 0 saturated carbocycles. The van der Waals surface area contributed by atoms with Gasteiger partial charge in [-0.25, -0.2) is 0 Å². The third kappa shape index (κ3) is 3.32. The highest BCUT2D eigenvalue weighted by Crippen LogP contribution is 2.10. The van der Waals surface area contributed by atoms with E-state index in [1.807, 2.05) is 13.0 Å². The number of hydrogen-bond acceptors (Lipinski definition) is 4. The van der Waals surface area contributed by atoms with E-state index in [4.69, 9.17) is 4.52 Å². The molecule has 1 unspecified atom stereocenters. The summed E-state index contributed by atoms with van der Waals surface area (Å²) in [4.78, 5) is 2.40. The van der Waals surface area contributed by atoms with Crippen LogP contribution in [0.25, 0.3) is 0 Å². The standard InChI is InChI=1S/C12H21N3O/c1-10-8-12(14-16-10)9-13-11-4-3-6-15(2)7-5-11/h8,11,13H,3-7,9H2,1-2H3. The van der Waals surface area contributed by atoms with E-state index in [2.05, 4.69) is 22.4 Å². The van der Waals surface area contributed by atoms with E-state index in [0.717, 1.165) is 18.0 Å². The van der Waals surface area contributed by atoms with E-state index in [1.165, 1.54) is 32.4 Å². The van der Waals surface area contributed by atoms with Crippen LogP contribution in [0.15, 0.2) is 10.6 Å². The quantitative estimate of drug-likeness (QED) is 0.844. The van der Waals surface area contributed by atoms with Crippen molar-refractivity contribution in [3.05, 3.63) is 17.5 Å². The van der Waals surface area contributed by atoms with Crippen LogP contribution in [0.2, 0.25) is 0 Å². The number of nitrogens with one attached hydrogen (secondary N) is 1. The summed E-state index contributed by atoms with van der Waals surface area (Å²) < 4.78 is 5.05. The molecule has 0 aliphatic carbocycles. The topological polar surface area (TPSA) is 41.3 Å². The van der Waals surface area contributed by atoms with Gasteiger partial charge in [-0.1, -0.05) is 5.16 Å². The van der Waals surface area contributed by atoms with Crippen molar-refractivity contribution in [3.63, 3.8) is 0 Å². The van der Waals surface area contributed by atoms with E-state index in [1.54, 1.807) is 0 Å². The largest absolute Gasteiger partial charge is 0.361 e. The second-order valence-electron chi connectivity index (χ2n) is 4.74. The molecule has 2 rings (SSSR count). The molecule has 1 aromatic rings. The first-order chi connectivity index (χ1) is 7.74. The Morgan fingerprint density at radius 3 is 3.12 bits per heavy atom. The Hall–Kier alpha value is -0.870. The number of aryl methyl sites for hydroxylation is 1. The minimum absolute atomic E-state index is 0.627. The number of likely N-dealkylation sites (tertiary alicyclic amines) is 1. The fourth-order valence-corrected chi connectivity index (χ4v) is 2.19. The van der Waals surface area contributed by atoms with E-state index >= 15 is 0 Å². The summed E-state index contributed by atoms with van der Waals surface area (Å²) in [6, 6.07) is 2.62. The molecule has 1 aromatic heterocycles. The molecule has 0 aromatic carbocycles. The first-order valence-corrected chi connectivity index (χ1v) is 6.08. The van der Waals surface area contributed by atoms with Gasteiger partial charge in [-0.2, -0.15) is 0 Å². The molecule has 1 saturated heterocycles. The average Bonchev–Trinajstić information content (AvgIpc) is 2.56. The maximum atomic E-state index is 5.05. The summed E-state index contributed by atoms with van der Waals surface area (Å²) >= 11 is 0. The summed E-state index contributed by atoms with van der Waals surface area (Å²) in [5.41, 5.74) is 1.01. The van der Waals surface area contributed by atoms with Crippen LogP contribution in [0.4, 0.5) is 0 Å². The molecule has 16 heavy (non-hydrogen) atoms. The first-order valence-electron chi connectivity index (χ1n) is 6.08. The lowest BCUT2D eigenvalue weighted by Crippen LogP contribution is -2.29. The summed E-state index contributed by atoms with van der Waals surface area (Å²) in [6.07, 6.45) is 3.78. The van der Waals surface area contributed by atoms with Crippen LogP contribution in [-0.2, 0) is 6.54 Å². The zero-order chi connectivity index (χ0) is 11.4. The van der Waals surface area contributed by atoms with Gasteiger partial charge in [0.15, 0.2) is 0 Å². The smallest absolute Gasteiger partial charge is 0.133 e. The van der Waals surface area contributed by atoms with Gasteiger partial charge in [0, 0.05) is 18.7 Å². The highest BCUT2D eigenvalue weighted by atomic mass is 16.5. The van der Waals surface area contributed by atoms with Crippen LogP contribution >= 0.6 is 0 Å². The molecule has 1 fully saturated rings. The molecule has 1 atom stereocenters. The number of hydrogen-bond donors (Lipinski definition) is 1. The predicted molar refractivity (Wildman–Crippen MR) is 63.2 cm³/mol. The highest BCUT2D eigenvalue weighted by molar-refractivity contribution is 5.03. The third-order valence-electron chi connectivity index (χ3n) is 3.20. The molecular formula is C12H21N3O. The SMILES string of the molecule is Cc1cc(CNC2CCCN(C)CC2)no1. The van der Waals surface area contributed by atoms with Crippen molar-refractivity contribution in [1.82, 2.24) is 15.4 Å². The molecule has 1 N–H and O–H groups in total. The van der Waals surface area contributed by atoms with Crippen molar-refractivity contribution in [1.29, 1.82) is 0 Å². The molecule has 1 aliphatic heterocycles. The molecule has 2 heterocycles. The third-order valence-corrected chi connectivity index (χ3v) is 3.20. The average molecular weight is 223 g/mol. The van der Waals surface area contributed by atoms with Crippen molar-refractivity contribution in [3.8, 4) is 0 Å². The van der Waals surface area contributed by atoms with Gasteiger partial charge < -0.3 is 14.7 Å². The van der Waals surface area contributed by atoms with Gasteiger partial charge in [0.2, 0.25) is 0 Å². The summed E-state index contributed by atoms with van der Waals surface area (Å²) in [6.45, 7) is 5.17. The summed E-state index contributed by atoms with van der Waals surface area (Å²) in [5.74, 6) is 0.886. The van der Waals surface area contributed by atoms with E-state index in [9.17, 15) is 0 Å². The summed E-state index contributed by atoms with van der Waals surface area (Å²) in [7, 11) is 2.20. The maximum absolute atomic E-state index is 5.05.